The van der Waals surface area contributed by atoms with E-state index in [4.69, 9.17) is 0 Å². The maximum Gasteiger partial charge on any atom is 0.187 e. The first-order valence-corrected chi connectivity index (χ1v) is 8.28. The largest absolute Gasteiger partial charge is 0.328 e. The molecule has 0 fully saturated rings. The van der Waals surface area contributed by atoms with Crippen LogP contribution in [0.4, 0.5) is 0 Å². The Bertz CT molecular complexity index is 724. The SMILES string of the molecule is CSc1ncc(-c2nccn2[C@H](C)Cc2cccnc2)cn1. The first kappa shape index (κ1) is 14.7. The van der Waals surface area contributed by atoms with Gasteiger partial charge in [-0.2, -0.15) is 0 Å². The quantitative estimate of drug-likeness (QED) is 0.535. The molecule has 3 heterocycles. The van der Waals surface area contributed by atoms with Crippen molar-refractivity contribution >= 4 is 11.8 Å². The molecular formula is C16H17N5S. The van der Waals surface area contributed by atoms with Gasteiger partial charge >= 0.3 is 0 Å². The molecule has 3 aromatic rings. The summed E-state index contributed by atoms with van der Waals surface area (Å²) >= 11 is 1.53. The summed E-state index contributed by atoms with van der Waals surface area (Å²) in [6.07, 6.45) is 14.0. The maximum absolute atomic E-state index is 4.47. The van der Waals surface area contributed by atoms with Crippen molar-refractivity contribution in [3.8, 4) is 11.4 Å². The second-order valence-electron chi connectivity index (χ2n) is 5.03. The van der Waals surface area contributed by atoms with Crippen LogP contribution >= 0.6 is 11.8 Å². The first-order chi connectivity index (χ1) is 10.8. The van der Waals surface area contributed by atoms with Crippen molar-refractivity contribution in [2.75, 3.05) is 6.26 Å². The zero-order chi connectivity index (χ0) is 15.4. The molecule has 0 aliphatic heterocycles. The fourth-order valence-electron chi connectivity index (χ4n) is 2.39. The summed E-state index contributed by atoms with van der Waals surface area (Å²) in [5.74, 6) is 0.893. The van der Waals surface area contributed by atoms with Crippen LogP contribution in [0.15, 0.2) is 54.5 Å². The number of nitrogens with zero attached hydrogens (tertiary/aromatic N) is 5. The molecule has 0 aliphatic rings. The van der Waals surface area contributed by atoms with Gasteiger partial charge in [0.1, 0.15) is 5.82 Å². The molecule has 3 aromatic heterocycles. The first-order valence-electron chi connectivity index (χ1n) is 7.06. The van der Waals surface area contributed by atoms with Crippen molar-refractivity contribution in [2.24, 2.45) is 0 Å². The Morgan fingerprint density at radius 3 is 2.64 bits per heavy atom. The summed E-state index contributed by atoms with van der Waals surface area (Å²) in [7, 11) is 0. The topological polar surface area (TPSA) is 56.5 Å². The smallest absolute Gasteiger partial charge is 0.187 e. The van der Waals surface area contributed by atoms with E-state index in [9.17, 15) is 0 Å². The van der Waals surface area contributed by atoms with E-state index in [0.717, 1.165) is 23.0 Å². The highest BCUT2D eigenvalue weighted by Crippen LogP contribution is 2.23. The molecule has 0 saturated carbocycles. The van der Waals surface area contributed by atoms with Crippen LogP contribution in [-0.2, 0) is 6.42 Å². The fraction of sp³-hybridized carbons (Fsp3) is 0.250. The highest BCUT2D eigenvalue weighted by molar-refractivity contribution is 7.98. The van der Waals surface area contributed by atoms with Crippen LogP contribution in [-0.4, -0.2) is 30.8 Å². The van der Waals surface area contributed by atoms with Gasteiger partial charge in [-0.25, -0.2) is 15.0 Å². The molecule has 0 saturated heterocycles. The van der Waals surface area contributed by atoms with Crippen LogP contribution in [0.3, 0.4) is 0 Å². The highest BCUT2D eigenvalue weighted by Gasteiger charge is 2.13. The van der Waals surface area contributed by atoms with Gasteiger partial charge in [0.05, 0.1) is 5.56 Å². The van der Waals surface area contributed by atoms with Crippen LogP contribution in [0, 0.1) is 0 Å². The summed E-state index contributed by atoms with van der Waals surface area (Å²) in [6.45, 7) is 2.18. The monoisotopic (exact) mass is 311 g/mol. The number of thioether (sulfide) groups is 1. The number of pyridine rings is 1. The molecule has 0 spiro atoms. The van der Waals surface area contributed by atoms with Crippen molar-refractivity contribution in [3.63, 3.8) is 0 Å². The molecule has 5 nitrogen and oxygen atoms in total. The second kappa shape index (κ2) is 6.70. The van der Waals surface area contributed by atoms with Gasteiger partial charge in [0.15, 0.2) is 5.16 Å². The Morgan fingerprint density at radius 2 is 1.95 bits per heavy atom. The van der Waals surface area contributed by atoms with Crippen LogP contribution in [0.1, 0.15) is 18.5 Å². The predicted molar refractivity (Wildman–Crippen MR) is 87.7 cm³/mol. The number of imidazole rings is 1. The Balaban J connectivity index is 1.84. The Labute approximate surface area is 133 Å². The van der Waals surface area contributed by atoms with Gasteiger partial charge in [-0.1, -0.05) is 17.8 Å². The second-order valence-corrected chi connectivity index (χ2v) is 5.80. The average Bonchev–Trinajstić information content (AvgIpc) is 3.05. The van der Waals surface area contributed by atoms with Gasteiger partial charge in [0.25, 0.3) is 0 Å². The summed E-state index contributed by atoms with van der Waals surface area (Å²) < 4.78 is 2.16. The van der Waals surface area contributed by atoms with Crippen molar-refractivity contribution in [3.05, 3.63) is 54.9 Å². The van der Waals surface area contributed by atoms with E-state index in [1.165, 1.54) is 17.3 Å². The van der Waals surface area contributed by atoms with E-state index in [1.807, 2.05) is 43.3 Å². The Kier molecular flexibility index (Phi) is 4.48. The normalized spacial score (nSPS) is 12.3. The molecule has 1 atom stereocenters. The third kappa shape index (κ3) is 3.17. The molecular weight excluding hydrogens is 294 g/mol. The van der Waals surface area contributed by atoms with Crippen molar-refractivity contribution in [2.45, 2.75) is 24.5 Å². The van der Waals surface area contributed by atoms with Gasteiger partial charge in [-0.15, -0.1) is 0 Å². The average molecular weight is 311 g/mol. The number of hydrogen-bond donors (Lipinski definition) is 0. The summed E-state index contributed by atoms with van der Waals surface area (Å²) in [5.41, 5.74) is 2.14. The lowest BCUT2D eigenvalue weighted by molar-refractivity contribution is 0.549. The van der Waals surface area contributed by atoms with Crippen molar-refractivity contribution < 1.29 is 0 Å². The molecule has 0 N–H and O–H groups in total. The Morgan fingerprint density at radius 1 is 1.14 bits per heavy atom. The summed E-state index contributed by atoms with van der Waals surface area (Å²) in [6, 6.07) is 4.34. The van der Waals surface area contributed by atoms with Gasteiger partial charge in [0, 0.05) is 43.2 Å². The lowest BCUT2D eigenvalue weighted by Gasteiger charge is -2.16. The zero-order valence-electron chi connectivity index (χ0n) is 12.5. The third-order valence-corrected chi connectivity index (χ3v) is 4.04. The van der Waals surface area contributed by atoms with Crippen molar-refractivity contribution in [1.29, 1.82) is 0 Å². The molecule has 0 bridgehead atoms. The van der Waals surface area contributed by atoms with Crippen molar-refractivity contribution in [1.82, 2.24) is 24.5 Å². The van der Waals surface area contributed by atoms with Crippen LogP contribution in [0.25, 0.3) is 11.4 Å². The number of rotatable bonds is 5. The van der Waals surface area contributed by atoms with Crippen LogP contribution < -0.4 is 0 Å². The molecule has 0 amide bonds. The minimum absolute atomic E-state index is 0.280. The lowest BCUT2D eigenvalue weighted by Crippen LogP contribution is -2.09. The maximum atomic E-state index is 4.47. The highest BCUT2D eigenvalue weighted by atomic mass is 32.2. The van der Waals surface area contributed by atoms with Gasteiger partial charge in [0.2, 0.25) is 0 Å². The molecule has 112 valence electrons. The van der Waals surface area contributed by atoms with E-state index in [2.05, 4.69) is 37.5 Å². The fourth-order valence-corrected chi connectivity index (χ4v) is 2.70. The Hall–Kier alpha value is -2.21. The molecule has 0 aliphatic carbocycles. The lowest BCUT2D eigenvalue weighted by atomic mass is 10.1. The summed E-state index contributed by atoms with van der Waals surface area (Å²) in [4.78, 5) is 17.3. The standard InChI is InChI=1S/C16H17N5S/c1-12(8-13-4-3-5-17-9-13)21-7-6-18-15(21)14-10-19-16(22-2)20-11-14/h3-7,9-12H,8H2,1-2H3/t12-/m1/s1. The van der Waals surface area contributed by atoms with E-state index in [1.54, 1.807) is 6.20 Å². The van der Waals surface area contributed by atoms with Gasteiger partial charge in [-0.05, 0) is 31.2 Å². The molecule has 6 heteroatoms. The minimum atomic E-state index is 0.280. The molecule has 0 unspecified atom stereocenters. The van der Waals surface area contributed by atoms with E-state index < -0.39 is 0 Å². The van der Waals surface area contributed by atoms with Crippen LogP contribution in [0.2, 0.25) is 0 Å². The molecule has 3 rings (SSSR count). The van der Waals surface area contributed by atoms with E-state index in [0.29, 0.717) is 0 Å². The third-order valence-electron chi connectivity index (χ3n) is 3.47. The molecule has 0 radical (unpaired) electrons. The van der Waals surface area contributed by atoms with E-state index in [-0.39, 0.29) is 6.04 Å². The van der Waals surface area contributed by atoms with Crippen LogP contribution in [0.5, 0.6) is 0 Å². The number of aromatic nitrogens is 5. The van der Waals surface area contributed by atoms with Gasteiger partial charge in [-0.3, -0.25) is 4.98 Å². The predicted octanol–water partition coefficient (Wildman–Crippen LogP) is 3.26. The summed E-state index contributed by atoms with van der Waals surface area (Å²) in [5, 5.41) is 0.769. The van der Waals surface area contributed by atoms with Gasteiger partial charge < -0.3 is 4.57 Å². The minimum Gasteiger partial charge on any atom is -0.328 e. The zero-order valence-corrected chi connectivity index (χ0v) is 13.4. The molecule has 22 heavy (non-hydrogen) atoms. The number of hydrogen-bond acceptors (Lipinski definition) is 5. The van der Waals surface area contributed by atoms with E-state index >= 15 is 0 Å². The molecule has 0 aromatic carbocycles.